The van der Waals surface area contributed by atoms with Gasteiger partial charge in [-0.15, -0.1) is 0 Å². The van der Waals surface area contributed by atoms with Crippen LogP contribution in [-0.4, -0.2) is 24.6 Å². The van der Waals surface area contributed by atoms with E-state index in [-0.39, 0.29) is 12.5 Å². The Bertz CT molecular complexity index is 971. The molecule has 0 bridgehead atoms. The monoisotopic (exact) mass is 401 g/mol. The number of amides is 2. The van der Waals surface area contributed by atoms with Gasteiger partial charge in [0.15, 0.2) is 0 Å². The van der Waals surface area contributed by atoms with E-state index in [9.17, 15) is 9.59 Å². The molecule has 0 atom stereocenters. The van der Waals surface area contributed by atoms with Gasteiger partial charge in [-0.3, -0.25) is 9.59 Å². The highest BCUT2D eigenvalue weighted by Gasteiger charge is 2.22. The smallest absolute Gasteiger partial charge is 0.259 e. The molecule has 0 aliphatic heterocycles. The van der Waals surface area contributed by atoms with Crippen molar-refractivity contribution in [3.05, 3.63) is 102 Å². The van der Waals surface area contributed by atoms with Crippen LogP contribution in [0.3, 0.4) is 0 Å². The molecular weight excluding hydrogens is 378 g/mol. The third-order valence-corrected chi connectivity index (χ3v) is 4.32. The van der Waals surface area contributed by atoms with E-state index in [1.165, 1.54) is 6.21 Å². The minimum Gasteiger partial charge on any atom is -0.465 e. The average Bonchev–Trinajstić information content (AvgIpc) is 3.27. The first-order valence-corrected chi connectivity index (χ1v) is 9.55. The fraction of sp³-hybridized carbons (Fsp3) is 0.125. The summed E-state index contributed by atoms with van der Waals surface area (Å²) in [7, 11) is 0. The fourth-order valence-corrected chi connectivity index (χ4v) is 2.94. The Kier molecular flexibility index (Phi) is 7.33. The Labute approximate surface area is 175 Å². The Morgan fingerprint density at radius 2 is 1.60 bits per heavy atom. The topological polar surface area (TPSA) is 83.7 Å². The molecule has 6 heteroatoms. The van der Waals surface area contributed by atoms with E-state index in [0.717, 1.165) is 16.7 Å². The summed E-state index contributed by atoms with van der Waals surface area (Å²) < 4.78 is 5.22. The minimum absolute atomic E-state index is 0.173. The molecule has 0 fully saturated rings. The van der Waals surface area contributed by atoms with E-state index < -0.39 is 11.8 Å². The molecule has 30 heavy (non-hydrogen) atoms. The molecular formula is C24H23N3O3. The number of nitrogens with zero attached hydrogens (tertiary/aromatic N) is 1. The van der Waals surface area contributed by atoms with Crippen LogP contribution in [0.4, 0.5) is 0 Å². The molecule has 0 aliphatic carbocycles. The summed E-state index contributed by atoms with van der Waals surface area (Å²) in [4.78, 5) is 24.9. The second-order valence-corrected chi connectivity index (χ2v) is 6.67. The number of benzene rings is 2. The zero-order valence-corrected chi connectivity index (χ0v) is 16.6. The Morgan fingerprint density at radius 1 is 0.967 bits per heavy atom. The summed E-state index contributed by atoms with van der Waals surface area (Å²) in [5, 5.41) is 6.60. The highest BCUT2D eigenvalue weighted by atomic mass is 16.3. The van der Waals surface area contributed by atoms with Crippen molar-refractivity contribution in [2.45, 2.75) is 12.8 Å². The van der Waals surface area contributed by atoms with Crippen molar-refractivity contribution in [1.29, 1.82) is 0 Å². The maximum atomic E-state index is 12.9. The molecule has 1 heterocycles. The Hall–Kier alpha value is -3.93. The number of nitrogens with one attached hydrogen (secondary N) is 2. The minimum atomic E-state index is -0.498. The molecule has 0 saturated heterocycles. The van der Waals surface area contributed by atoms with Crippen molar-refractivity contribution in [3.8, 4) is 0 Å². The number of carbonyl (C=O) groups is 2. The molecule has 6 nitrogen and oxygen atoms in total. The van der Waals surface area contributed by atoms with Gasteiger partial charge in [0.05, 0.1) is 24.9 Å². The van der Waals surface area contributed by atoms with Crippen molar-refractivity contribution < 1.29 is 14.0 Å². The second-order valence-electron chi connectivity index (χ2n) is 6.67. The molecule has 2 amide bonds. The van der Waals surface area contributed by atoms with Crippen LogP contribution in [0.1, 0.15) is 29.7 Å². The largest absolute Gasteiger partial charge is 0.465 e. The highest BCUT2D eigenvalue weighted by molar-refractivity contribution is 5.91. The third-order valence-electron chi connectivity index (χ3n) is 4.32. The van der Waals surface area contributed by atoms with E-state index in [2.05, 4.69) is 15.8 Å². The molecule has 0 unspecified atom stereocenters. The number of hydrogen-bond acceptors (Lipinski definition) is 4. The van der Waals surface area contributed by atoms with E-state index in [1.54, 1.807) is 18.4 Å². The first kappa shape index (κ1) is 20.8. The molecule has 2 aromatic carbocycles. The molecule has 0 aliphatic rings. The van der Waals surface area contributed by atoms with Gasteiger partial charge in [-0.1, -0.05) is 60.7 Å². The molecule has 1 aromatic heterocycles. The van der Waals surface area contributed by atoms with Gasteiger partial charge in [-0.2, -0.15) is 5.10 Å². The zero-order valence-electron chi connectivity index (χ0n) is 16.6. The van der Waals surface area contributed by atoms with Crippen molar-refractivity contribution in [2.75, 3.05) is 6.54 Å². The van der Waals surface area contributed by atoms with Crippen LogP contribution in [0.5, 0.6) is 0 Å². The summed E-state index contributed by atoms with van der Waals surface area (Å²) in [6, 6.07) is 22.6. The maximum absolute atomic E-state index is 12.9. The van der Waals surface area contributed by atoms with Gasteiger partial charge >= 0.3 is 0 Å². The first-order valence-electron chi connectivity index (χ1n) is 9.55. The van der Waals surface area contributed by atoms with E-state index in [4.69, 9.17) is 4.42 Å². The Balaban J connectivity index is 1.57. The van der Waals surface area contributed by atoms with E-state index in [0.29, 0.717) is 5.76 Å². The molecule has 152 valence electrons. The predicted molar refractivity (Wildman–Crippen MR) is 117 cm³/mol. The van der Waals surface area contributed by atoms with Crippen LogP contribution < -0.4 is 10.7 Å². The lowest BCUT2D eigenvalue weighted by Crippen LogP contribution is -2.37. The molecule has 0 saturated carbocycles. The van der Waals surface area contributed by atoms with Crippen molar-refractivity contribution in [1.82, 2.24) is 10.7 Å². The van der Waals surface area contributed by atoms with E-state index in [1.807, 2.05) is 73.7 Å². The number of carbonyl (C=O) groups excluding carboxylic acids is 2. The van der Waals surface area contributed by atoms with Gasteiger partial charge in [-0.25, -0.2) is 5.43 Å². The second kappa shape index (κ2) is 10.6. The molecule has 2 N–H and O–H groups in total. The SMILES string of the molecule is C/C(C=NNC(=O)CNC(=O)C(c1ccccc1)c1ccccc1)=C\c1ccco1. The van der Waals surface area contributed by atoms with Gasteiger partial charge in [0.2, 0.25) is 5.91 Å². The summed E-state index contributed by atoms with van der Waals surface area (Å²) >= 11 is 0. The molecule has 3 rings (SSSR count). The van der Waals surface area contributed by atoms with Gasteiger partial charge < -0.3 is 9.73 Å². The third kappa shape index (κ3) is 6.04. The van der Waals surface area contributed by atoms with Crippen LogP contribution in [-0.2, 0) is 9.59 Å². The molecule has 3 aromatic rings. The van der Waals surface area contributed by atoms with Crippen molar-refractivity contribution in [3.63, 3.8) is 0 Å². The summed E-state index contributed by atoms with van der Waals surface area (Å²) in [6.07, 6.45) is 4.89. The molecule has 0 spiro atoms. The average molecular weight is 401 g/mol. The quantitative estimate of drug-likeness (QED) is 0.446. The first-order chi connectivity index (χ1) is 14.6. The van der Waals surface area contributed by atoms with Gasteiger partial charge in [0.1, 0.15) is 5.76 Å². The summed E-state index contributed by atoms with van der Waals surface area (Å²) in [6.45, 7) is 1.66. The van der Waals surface area contributed by atoms with Crippen molar-refractivity contribution in [2.24, 2.45) is 5.10 Å². The number of hydrazone groups is 1. The number of rotatable bonds is 8. The Morgan fingerprint density at radius 3 is 2.17 bits per heavy atom. The lowest BCUT2D eigenvalue weighted by Gasteiger charge is -2.17. The highest BCUT2D eigenvalue weighted by Crippen LogP contribution is 2.24. The van der Waals surface area contributed by atoms with Crippen molar-refractivity contribution >= 4 is 24.1 Å². The van der Waals surface area contributed by atoms with Crippen LogP contribution in [0.25, 0.3) is 6.08 Å². The number of furan rings is 1. The van der Waals surface area contributed by atoms with Crippen LogP contribution in [0.2, 0.25) is 0 Å². The number of hydrogen-bond donors (Lipinski definition) is 2. The van der Waals surface area contributed by atoms with Gasteiger partial charge in [0.25, 0.3) is 5.91 Å². The predicted octanol–water partition coefficient (Wildman–Crippen LogP) is 3.73. The molecule has 0 radical (unpaired) electrons. The van der Waals surface area contributed by atoms with Crippen LogP contribution in [0.15, 0.2) is 94.2 Å². The van der Waals surface area contributed by atoms with Gasteiger partial charge in [0, 0.05) is 0 Å². The lowest BCUT2D eigenvalue weighted by molar-refractivity contribution is -0.126. The summed E-state index contributed by atoms with van der Waals surface area (Å²) in [5.74, 6) is -0.460. The number of allylic oxidation sites excluding steroid dienone is 1. The fourth-order valence-electron chi connectivity index (χ4n) is 2.94. The maximum Gasteiger partial charge on any atom is 0.259 e. The van der Waals surface area contributed by atoms with E-state index >= 15 is 0 Å². The van der Waals surface area contributed by atoms with Crippen LogP contribution in [0, 0.1) is 0 Å². The zero-order chi connectivity index (χ0) is 21.2. The lowest BCUT2D eigenvalue weighted by atomic mass is 9.90. The summed E-state index contributed by atoms with van der Waals surface area (Å²) in [5.41, 5.74) is 4.94. The van der Waals surface area contributed by atoms with Crippen LogP contribution >= 0.6 is 0 Å². The normalized spacial score (nSPS) is 11.6. The standard InChI is InChI=1S/C24H23N3O3/c1-18(15-21-13-8-14-30-21)16-26-27-22(28)17-25-24(29)23(19-9-4-2-5-10-19)20-11-6-3-7-12-20/h2-16,23H,17H2,1H3,(H,25,29)(H,27,28)/b18-15+,26-16?. The van der Waals surface area contributed by atoms with Gasteiger partial charge in [-0.05, 0) is 41.8 Å².